The summed E-state index contributed by atoms with van der Waals surface area (Å²) < 4.78 is 38.5. The lowest BCUT2D eigenvalue weighted by atomic mass is 9.89. The van der Waals surface area contributed by atoms with E-state index in [-0.39, 0.29) is 42.8 Å². The second-order valence-corrected chi connectivity index (χ2v) is 16.7. The molecule has 9 rings (SSSR count). The molecule has 2 aromatic carbocycles. The molecule has 3 saturated heterocycles. The molecule has 2 bridgehead atoms. The topological polar surface area (TPSA) is 158 Å². The van der Waals surface area contributed by atoms with E-state index in [1.54, 1.807) is 23.0 Å². The van der Waals surface area contributed by atoms with E-state index in [1.807, 2.05) is 35.9 Å². The number of benzene rings is 2. The Labute approximate surface area is 351 Å². The normalized spacial score (nSPS) is 22.3. The van der Waals surface area contributed by atoms with E-state index < -0.39 is 35.3 Å². The van der Waals surface area contributed by atoms with Crippen molar-refractivity contribution in [1.82, 2.24) is 25.0 Å². The number of nitrogens with zero attached hydrogens (tertiary/aromatic N) is 8. The molecule has 0 saturated carbocycles. The number of imide groups is 1. The summed E-state index contributed by atoms with van der Waals surface area (Å²) in [6, 6.07) is 12.0. The minimum absolute atomic E-state index is 0.0110. The largest absolute Gasteiger partial charge is 0.477 e. The van der Waals surface area contributed by atoms with Gasteiger partial charge in [0.15, 0.2) is 0 Å². The van der Waals surface area contributed by atoms with Crippen molar-refractivity contribution < 1.29 is 32.7 Å². The summed E-state index contributed by atoms with van der Waals surface area (Å²) in [6.07, 6.45) is 4.74. The summed E-state index contributed by atoms with van der Waals surface area (Å²) in [5.41, 5.74) is 5.03. The summed E-state index contributed by atoms with van der Waals surface area (Å²) in [5, 5.41) is 9.95. The number of hydrogen-bond donors (Lipinski definition) is 2. The highest BCUT2D eigenvalue weighted by Crippen LogP contribution is 2.39. The van der Waals surface area contributed by atoms with Crippen LogP contribution in [0.15, 0.2) is 53.7 Å². The number of amides is 4. The predicted molar refractivity (Wildman–Crippen MR) is 225 cm³/mol. The van der Waals surface area contributed by atoms with Gasteiger partial charge in [-0.05, 0) is 87.4 Å². The lowest BCUT2D eigenvalue weighted by molar-refractivity contribution is -0.135. The Balaban J connectivity index is 0.875. The van der Waals surface area contributed by atoms with E-state index in [0.717, 1.165) is 29.9 Å². The number of pyridine rings is 1. The molecule has 17 heteroatoms. The van der Waals surface area contributed by atoms with Crippen molar-refractivity contribution >= 4 is 52.3 Å². The van der Waals surface area contributed by atoms with E-state index in [9.17, 15) is 19.2 Å². The number of aryl methyl sites for hydroxylation is 2. The predicted octanol–water partition coefficient (Wildman–Crippen LogP) is 5.14. The Morgan fingerprint density at radius 1 is 0.869 bits per heavy atom. The Morgan fingerprint density at radius 2 is 1.66 bits per heavy atom. The molecule has 0 radical (unpaired) electrons. The molecule has 0 spiro atoms. The SMILES string of the molecule is Cc1cc2cc(n1)-c1cnn(C)c1OCCC[C@@H](C)CN1/C(=N/C2=O)Nc2ccc(N3CCN(C4CCN(c5cc(F)c([C@H]6CCC(=O)NC6=O)c(F)c5)CC4)C(=O)C3)cc21. The summed E-state index contributed by atoms with van der Waals surface area (Å²) in [4.78, 5) is 68.8. The maximum absolute atomic E-state index is 15.3. The van der Waals surface area contributed by atoms with Crippen LogP contribution in [-0.2, 0) is 21.4 Å². The van der Waals surface area contributed by atoms with Crippen molar-refractivity contribution in [2.45, 2.75) is 64.3 Å². The average Bonchev–Trinajstić information content (AvgIpc) is 3.77. The summed E-state index contributed by atoms with van der Waals surface area (Å²) >= 11 is 0. The second kappa shape index (κ2) is 16.2. The van der Waals surface area contributed by atoms with Crippen molar-refractivity contribution in [2.24, 2.45) is 18.0 Å². The van der Waals surface area contributed by atoms with Crippen molar-refractivity contribution in [3.63, 3.8) is 0 Å². The van der Waals surface area contributed by atoms with Gasteiger partial charge in [0.2, 0.25) is 29.6 Å². The third-order valence-electron chi connectivity index (χ3n) is 12.5. The van der Waals surface area contributed by atoms with E-state index in [4.69, 9.17) is 4.74 Å². The van der Waals surface area contributed by atoms with E-state index in [0.29, 0.717) is 92.2 Å². The number of ether oxygens (including phenoxy) is 1. The molecule has 2 atom stereocenters. The second-order valence-electron chi connectivity index (χ2n) is 16.7. The molecule has 5 aliphatic heterocycles. The third kappa shape index (κ3) is 7.88. The van der Waals surface area contributed by atoms with Gasteiger partial charge in [0.1, 0.15) is 11.6 Å². The van der Waals surface area contributed by atoms with Crippen LogP contribution < -0.4 is 30.1 Å². The Bertz CT molecular complexity index is 2440. The molecular weight excluding hydrogens is 787 g/mol. The van der Waals surface area contributed by atoms with Crippen LogP contribution in [0.5, 0.6) is 5.88 Å². The zero-order valence-corrected chi connectivity index (χ0v) is 34.4. The van der Waals surface area contributed by atoms with Crippen LogP contribution >= 0.6 is 0 Å². The maximum Gasteiger partial charge on any atom is 0.280 e. The lowest BCUT2D eigenvalue weighted by Crippen LogP contribution is -2.56. The number of piperidine rings is 2. The highest BCUT2D eigenvalue weighted by atomic mass is 19.1. The standard InChI is InChI=1S/C44H48F2N10O5/c1-25-5-4-16-61-43-32(22-47-52(43)3)36-18-27(17-26(2)48-36)41(59)51-44-49-35-8-6-29(21-37(35)56(44)23-25)54-14-15-55(39(58)24-54)28-10-12-53(13-11-28)30-19-33(45)40(34(46)20-30)31-7-9-38(57)50-42(31)60/h6,8,17-22,25,28,31H,4-5,7,9-16,23-24H2,1-3H3,(H,49,51,59)(H,50,57,60)/t25-,31-/m1/s1. The van der Waals surface area contributed by atoms with Crippen LogP contribution in [0.2, 0.25) is 0 Å². The fraction of sp³-hybridized carbons (Fsp3) is 0.432. The number of aromatic nitrogens is 3. The summed E-state index contributed by atoms with van der Waals surface area (Å²) in [6.45, 7) is 7.46. The number of aliphatic imine (C=N–C) groups is 1. The van der Waals surface area contributed by atoms with Crippen molar-refractivity contribution in [3.8, 4) is 17.1 Å². The fourth-order valence-corrected chi connectivity index (χ4v) is 9.27. The Kier molecular flexibility index (Phi) is 10.7. The molecule has 0 unspecified atom stereocenters. The van der Waals surface area contributed by atoms with Gasteiger partial charge in [0, 0.05) is 80.4 Å². The van der Waals surface area contributed by atoms with Crippen LogP contribution in [0.4, 0.5) is 31.5 Å². The Morgan fingerprint density at radius 3 is 2.41 bits per heavy atom. The molecule has 4 amide bonds. The van der Waals surface area contributed by atoms with Crippen LogP contribution in [-0.4, -0.2) is 101 Å². The number of hydrogen-bond acceptors (Lipinski definition) is 11. The first kappa shape index (κ1) is 40.0. The zero-order valence-electron chi connectivity index (χ0n) is 34.4. The van der Waals surface area contributed by atoms with Gasteiger partial charge < -0.3 is 29.7 Å². The molecule has 2 aromatic heterocycles. The van der Waals surface area contributed by atoms with Gasteiger partial charge in [-0.2, -0.15) is 10.1 Å². The number of anilines is 4. The molecule has 4 aromatic rings. The summed E-state index contributed by atoms with van der Waals surface area (Å²) in [7, 11) is 1.82. The van der Waals surface area contributed by atoms with Crippen LogP contribution in [0.1, 0.15) is 73.0 Å². The molecule has 5 aliphatic rings. The first-order valence-electron chi connectivity index (χ1n) is 21.0. The number of fused-ring (bicyclic) bond motifs is 7. The quantitative estimate of drug-likeness (QED) is 0.263. The van der Waals surface area contributed by atoms with Crippen molar-refractivity contribution in [3.05, 3.63) is 77.1 Å². The number of piperazine rings is 1. The Hall–Kier alpha value is -6.39. The molecule has 61 heavy (non-hydrogen) atoms. The van der Waals surface area contributed by atoms with Gasteiger partial charge in [0.05, 0.1) is 47.9 Å². The van der Waals surface area contributed by atoms with Crippen molar-refractivity contribution in [1.29, 1.82) is 0 Å². The summed E-state index contributed by atoms with van der Waals surface area (Å²) in [5.74, 6) is -2.94. The van der Waals surface area contributed by atoms with Gasteiger partial charge in [-0.1, -0.05) is 6.92 Å². The van der Waals surface area contributed by atoms with Gasteiger partial charge in [-0.25, -0.2) is 13.5 Å². The highest BCUT2D eigenvalue weighted by molar-refractivity contribution is 6.19. The fourth-order valence-electron chi connectivity index (χ4n) is 9.27. The third-order valence-corrected chi connectivity index (χ3v) is 12.5. The molecule has 2 N–H and O–H groups in total. The number of guanidine groups is 1. The highest BCUT2D eigenvalue weighted by Gasteiger charge is 2.36. The van der Waals surface area contributed by atoms with Crippen LogP contribution in [0.3, 0.4) is 0 Å². The molecule has 7 heterocycles. The number of halogens is 2. The average molecular weight is 835 g/mol. The number of carbonyl (C=O) groups is 4. The van der Waals surface area contributed by atoms with E-state index in [1.165, 1.54) is 12.1 Å². The van der Waals surface area contributed by atoms with E-state index in [2.05, 4.69) is 48.5 Å². The zero-order chi connectivity index (χ0) is 42.5. The molecule has 3 fully saturated rings. The lowest BCUT2D eigenvalue weighted by Gasteiger charge is -2.43. The van der Waals surface area contributed by atoms with Gasteiger partial charge in [-0.3, -0.25) is 29.5 Å². The van der Waals surface area contributed by atoms with Gasteiger partial charge in [-0.15, -0.1) is 0 Å². The molecular formula is C44H48F2N10O5. The molecule has 15 nitrogen and oxygen atoms in total. The number of nitrogens with one attached hydrogen (secondary N) is 2. The maximum atomic E-state index is 15.3. The van der Waals surface area contributed by atoms with Gasteiger partial charge >= 0.3 is 0 Å². The monoisotopic (exact) mass is 834 g/mol. The first-order chi connectivity index (χ1) is 29.4. The first-order valence-corrected chi connectivity index (χ1v) is 21.0. The number of rotatable bonds is 4. The van der Waals surface area contributed by atoms with Gasteiger partial charge in [0.25, 0.3) is 5.91 Å². The van der Waals surface area contributed by atoms with Crippen LogP contribution in [0, 0.1) is 24.5 Å². The minimum atomic E-state index is -1.05. The number of carbonyl (C=O) groups excluding carboxylic acids is 4. The molecule has 0 aliphatic carbocycles. The minimum Gasteiger partial charge on any atom is -0.477 e. The van der Waals surface area contributed by atoms with Crippen LogP contribution in [0.25, 0.3) is 11.3 Å². The van der Waals surface area contributed by atoms with Crippen molar-refractivity contribution in [2.75, 3.05) is 65.9 Å². The smallest absolute Gasteiger partial charge is 0.280 e. The van der Waals surface area contributed by atoms with E-state index >= 15 is 8.78 Å². The molecule has 318 valence electrons.